The SMILES string of the molecule is O=c1c2cc(-n3cncn3)ccc2nc(Cc2ccccc2)n1-c1ccc(C(O)(C(F)(F)F)C(F)(F)F)cc1. The summed E-state index contributed by atoms with van der Waals surface area (Å²) >= 11 is 0. The standard InChI is InChI=1S/C26H17F6N5O2/c27-25(28,29)24(39,26(30,31)32)17-6-8-18(9-7-17)37-22(12-16-4-2-1-3-5-16)35-21-11-10-19(13-20(21)23(37)38)36-15-33-14-34-36/h1-11,13-15,39H,12H2. The van der Waals surface area contributed by atoms with E-state index in [2.05, 4.69) is 15.1 Å². The highest BCUT2D eigenvalue weighted by atomic mass is 19.4. The second kappa shape index (κ2) is 9.34. The molecular weight excluding hydrogens is 528 g/mol. The minimum absolute atomic E-state index is 0.0399. The lowest BCUT2D eigenvalue weighted by molar-refractivity contribution is -0.376. The van der Waals surface area contributed by atoms with E-state index in [4.69, 9.17) is 0 Å². The molecule has 0 aliphatic rings. The Morgan fingerprint density at radius 1 is 0.821 bits per heavy atom. The molecular formula is C26H17F6N5O2. The molecule has 0 bridgehead atoms. The van der Waals surface area contributed by atoms with Crippen LogP contribution in [0.3, 0.4) is 0 Å². The van der Waals surface area contributed by atoms with Gasteiger partial charge >= 0.3 is 12.4 Å². The summed E-state index contributed by atoms with van der Waals surface area (Å²) < 4.78 is 82.7. The summed E-state index contributed by atoms with van der Waals surface area (Å²) in [5, 5.41) is 13.9. The van der Waals surface area contributed by atoms with Gasteiger partial charge in [0, 0.05) is 12.0 Å². The van der Waals surface area contributed by atoms with Crippen LogP contribution in [0.1, 0.15) is 17.0 Å². The quantitative estimate of drug-likeness (QED) is 0.319. The van der Waals surface area contributed by atoms with Gasteiger partial charge in [-0.2, -0.15) is 31.4 Å². The van der Waals surface area contributed by atoms with Gasteiger partial charge in [0.1, 0.15) is 18.5 Å². The van der Waals surface area contributed by atoms with E-state index in [1.54, 1.807) is 42.5 Å². The van der Waals surface area contributed by atoms with Crippen LogP contribution >= 0.6 is 0 Å². The zero-order valence-corrected chi connectivity index (χ0v) is 19.6. The van der Waals surface area contributed by atoms with E-state index in [1.807, 2.05) is 0 Å². The van der Waals surface area contributed by atoms with Crippen molar-refractivity contribution in [1.29, 1.82) is 0 Å². The van der Waals surface area contributed by atoms with Crippen LogP contribution in [0.5, 0.6) is 0 Å². The zero-order chi connectivity index (χ0) is 28.0. The van der Waals surface area contributed by atoms with Crippen LogP contribution in [-0.4, -0.2) is 41.8 Å². The lowest BCUT2D eigenvalue weighted by Gasteiger charge is -2.32. The van der Waals surface area contributed by atoms with Crippen molar-refractivity contribution in [2.24, 2.45) is 0 Å². The number of nitrogens with zero attached hydrogens (tertiary/aromatic N) is 5. The molecule has 2 aromatic heterocycles. The molecule has 0 aliphatic carbocycles. The van der Waals surface area contributed by atoms with Gasteiger partial charge in [-0.25, -0.2) is 14.6 Å². The predicted molar refractivity (Wildman–Crippen MR) is 128 cm³/mol. The summed E-state index contributed by atoms with van der Waals surface area (Å²) in [6, 6.07) is 16.5. The van der Waals surface area contributed by atoms with Crippen molar-refractivity contribution in [3.63, 3.8) is 0 Å². The monoisotopic (exact) mass is 545 g/mol. The lowest BCUT2D eigenvalue weighted by Crippen LogP contribution is -2.53. The van der Waals surface area contributed by atoms with Crippen LogP contribution < -0.4 is 5.56 Å². The minimum atomic E-state index is -6.04. The van der Waals surface area contributed by atoms with Crippen LogP contribution in [0.25, 0.3) is 22.3 Å². The molecule has 13 heteroatoms. The van der Waals surface area contributed by atoms with E-state index in [-0.39, 0.29) is 23.3 Å². The molecule has 1 N–H and O–H groups in total. The van der Waals surface area contributed by atoms with Gasteiger partial charge in [-0.3, -0.25) is 9.36 Å². The normalized spacial score (nSPS) is 12.7. The van der Waals surface area contributed by atoms with E-state index >= 15 is 0 Å². The van der Waals surface area contributed by atoms with Crippen molar-refractivity contribution in [2.75, 3.05) is 0 Å². The highest BCUT2D eigenvalue weighted by Gasteiger charge is 2.71. The Morgan fingerprint density at radius 2 is 1.46 bits per heavy atom. The smallest absolute Gasteiger partial charge is 0.369 e. The Balaban J connectivity index is 1.70. The molecule has 5 rings (SSSR count). The summed E-state index contributed by atoms with van der Waals surface area (Å²) in [7, 11) is 0. The summed E-state index contributed by atoms with van der Waals surface area (Å²) in [6.45, 7) is 0. The predicted octanol–water partition coefficient (Wildman–Crippen LogP) is 4.87. The van der Waals surface area contributed by atoms with Crippen molar-refractivity contribution < 1.29 is 31.4 Å². The van der Waals surface area contributed by atoms with Crippen LogP contribution in [0.4, 0.5) is 26.3 Å². The van der Waals surface area contributed by atoms with Gasteiger partial charge in [0.15, 0.2) is 0 Å². The van der Waals surface area contributed by atoms with Crippen molar-refractivity contribution in [3.05, 3.63) is 113 Å². The van der Waals surface area contributed by atoms with Gasteiger partial charge in [0.05, 0.1) is 22.3 Å². The van der Waals surface area contributed by atoms with Gasteiger partial charge < -0.3 is 5.11 Å². The van der Waals surface area contributed by atoms with Gasteiger partial charge in [-0.15, -0.1) is 0 Å². The van der Waals surface area contributed by atoms with Crippen molar-refractivity contribution >= 4 is 10.9 Å². The van der Waals surface area contributed by atoms with Crippen molar-refractivity contribution in [3.8, 4) is 11.4 Å². The largest absolute Gasteiger partial charge is 0.430 e. The Hall–Kier alpha value is -4.52. The first-order chi connectivity index (χ1) is 18.4. The molecule has 0 atom stereocenters. The van der Waals surface area contributed by atoms with Crippen LogP contribution in [0.15, 0.2) is 90.2 Å². The van der Waals surface area contributed by atoms with E-state index in [0.717, 1.165) is 22.3 Å². The molecule has 0 aliphatic heterocycles. The molecule has 0 radical (unpaired) electrons. The molecule has 39 heavy (non-hydrogen) atoms. The average molecular weight is 545 g/mol. The number of fused-ring (bicyclic) bond motifs is 1. The topological polar surface area (TPSA) is 85.8 Å². The third kappa shape index (κ3) is 4.54. The fourth-order valence-electron chi connectivity index (χ4n) is 4.21. The molecule has 0 spiro atoms. The highest BCUT2D eigenvalue weighted by Crippen LogP contribution is 2.50. The van der Waals surface area contributed by atoms with Gasteiger partial charge in [0.25, 0.3) is 11.2 Å². The molecule has 0 amide bonds. The molecule has 0 unspecified atom stereocenters. The number of hydrogen-bond acceptors (Lipinski definition) is 5. The first-order valence-electron chi connectivity index (χ1n) is 11.3. The first kappa shape index (κ1) is 26.1. The van der Waals surface area contributed by atoms with Crippen molar-refractivity contribution in [1.82, 2.24) is 24.3 Å². The second-order valence-electron chi connectivity index (χ2n) is 8.63. The Labute approximate surface area is 215 Å². The summed E-state index contributed by atoms with van der Waals surface area (Å²) in [5.74, 6) is 0.196. The number of aliphatic hydroxyl groups is 1. The average Bonchev–Trinajstić information content (AvgIpc) is 3.43. The Bertz CT molecular complexity index is 1670. The van der Waals surface area contributed by atoms with E-state index in [1.165, 1.54) is 23.4 Å². The van der Waals surface area contributed by atoms with E-state index in [9.17, 15) is 36.2 Å². The summed E-state index contributed by atoms with van der Waals surface area (Å²) in [4.78, 5) is 22.2. The maximum absolute atomic E-state index is 13.7. The summed E-state index contributed by atoms with van der Waals surface area (Å²) in [5.41, 5.74) is -5.61. The zero-order valence-electron chi connectivity index (χ0n) is 19.6. The lowest BCUT2D eigenvalue weighted by atomic mass is 9.92. The number of rotatable bonds is 5. The molecule has 0 fully saturated rings. The second-order valence-corrected chi connectivity index (χ2v) is 8.63. The summed E-state index contributed by atoms with van der Waals surface area (Å²) in [6.07, 6.45) is -9.23. The Morgan fingerprint density at radius 3 is 2.05 bits per heavy atom. The third-order valence-corrected chi connectivity index (χ3v) is 6.17. The molecule has 200 valence electrons. The number of alkyl halides is 6. The highest BCUT2D eigenvalue weighted by molar-refractivity contribution is 5.80. The molecule has 3 aromatic carbocycles. The van der Waals surface area contributed by atoms with Gasteiger partial charge in [-0.1, -0.05) is 42.5 Å². The molecule has 5 aromatic rings. The number of benzene rings is 3. The van der Waals surface area contributed by atoms with Crippen LogP contribution in [0, 0.1) is 0 Å². The fraction of sp³-hybridized carbons (Fsp3) is 0.154. The molecule has 7 nitrogen and oxygen atoms in total. The maximum Gasteiger partial charge on any atom is 0.430 e. The minimum Gasteiger partial charge on any atom is -0.369 e. The molecule has 0 saturated heterocycles. The third-order valence-electron chi connectivity index (χ3n) is 6.17. The van der Waals surface area contributed by atoms with Crippen LogP contribution in [0.2, 0.25) is 0 Å². The van der Waals surface area contributed by atoms with Gasteiger partial charge in [0.2, 0.25) is 0 Å². The first-order valence-corrected chi connectivity index (χ1v) is 11.3. The number of hydrogen-bond donors (Lipinski definition) is 1. The van der Waals surface area contributed by atoms with Crippen LogP contribution in [-0.2, 0) is 12.0 Å². The Kier molecular flexibility index (Phi) is 6.25. The fourth-order valence-corrected chi connectivity index (χ4v) is 4.21. The molecule has 0 saturated carbocycles. The number of aromatic nitrogens is 5. The maximum atomic E-state index is 13.7. The molecule has 2 heterocycles. The van der Waals surface area contributed by atoms with E-state index < -0.39 is 29.1 Å². The van der Waals surface area contributed by atoms with E-state index in [0.29, 0.717) is 23.3 Å². The van der Waals surface area contributed by atoms with Crippen molar-refractivity contribution in [2.45, 2.75) is 24.4 Å². The van der Waals surface area contributed by atoms with Gasteiger partial charge in [-0.05, 0) is 35.9 Å². The number of halogens is 6.